The summed E-state index contributed by atoms with van der Waals surface area (Å²) in [5, 5.41) is 4.46. The van der Waals surface area contributed by atoms with E-state index in [2.05, 4.69) is 59.1 Å². The van der Waals surface area contributed by atoms with Crippen molar-refractivity contribution in [3.63, 3.8) is 0 Å². The largest absolute Gasteiger partial charge is 0.313 e. The molecule has 118 valence electrons. The van der Waals surface area contributed by atoms with Gasteiger partial charge in [0.25, 0.3) is 0 Å². The molecule has 1 saturated heterocycles. The van der Waals surface area contributed by atoms with Crippen LogP contribution in [-0.2, 0) is 0 Å². The molecule has 1 heterocycles. The van der Waals surface area contributed by atoms with Gasteiger partial charge in [-0.15, -0.1) is 0 Å². The van der Waals surface area contributed by atoms with E-state index in [4.69, 9.17) is 11.6 Å². The zero-order valence-corrected chi connectivity index (χ0v) is 15.5. The fraction of sp³-hybridized carbons (Fsp3) is 0.647. The average molecular weight is 374 g/mol. The number of benzene rings is 1. The van der Waals surface area contributed by atoms with Crippen LogP contribution in [0.2, 0.25) is 5.02 Å². The molecule has 2 rings (SSSR count). The SMILES string of the molecule is CC(C)CN(CC1CCCN1)C(C)c1ccc(Br)cc1Cl. The number of nitrogens with zero attached hydrogens (tertiary/aromatic N) is 1. The van der Waals surface area contributed by atoms with Crippen LogP contribution >= 0.6 is 27.5 Å². The van der Waals surface area contributed by atoms with E-state index in [1.54, 1.807) is 0 Å². The first-order valence-electron chi connectivity index (χ1n) is 7.89. The number of rotatable bonds is 6. The van der Waals surface area contributed by atoms with Crippen LogP contribution in [0.15, 0.2) is 22.7 Å². The first kappa shape index (κ1) is 17.3. The number of nitrogens with one attached hydrogen (secondary N) is 1. The second-order valence-corrected chi connectivity index (χ2v) is 7.81. The third-order valence-electron chi connectivity index (χ3n) is 4.18. The number of hydrogen-bond acceptors (Lipinski definition) is 2. The molecule has 0 bridgehead atoms. The minimum Gasteiger partial charge on any atom is -0.313 e. The Kier molecular flexibility index (Phi) is 6.54. The van der Waals surface area contributed by atoms with Gasteiger partial charge in [0, 0.05) is 34.7 Å². The third kappa shape index (κ3) is 4.95. The lowest BCUT2D eigenvalue weighted by Crippen LogP contribution is -2.40. The van der Waals surface area contributed by atoms with Gasteiger partial charge in [0.1, 0.15) is 0 Å². The van der Waals surface area contributed by atoms with Crippen molar-refractivity contribution in [3.8, 4) is 0 Å². The van der Waals surface area contributed by atoms with Gasteiger partial charge in [-0.05, 0) is 49.9 Å². The predicted octanol–water partition coefficient (Wildman–Crippen LogP) is 4.87. The highest BCUT2D eigenvalue weighted by atomic mass is 79.9. The molecule has 1 aromatic carbocycles. The van der Waals surface area contributed by atoms with Gasteiger partial charge < -0.3 is 5.32 Å². The van der Waals surface area contributed by atoms with Gasteiger partial charge in [-0.3, -0.25) is 4.90 Å². The molecule has 1 fully saturated rings. The van der Waals surface area contributed by atoms with Crippen LogP contribution in [0, 0.1) is 5.92 Å². The molecule has 4 heteroatoms. The maximum absolute atomic E-state index is 6.45. The Morgan fingerprint density at radius 1 is 1.38 bits per heavy atom. The normalized spacial score (nSPS) is 20.4. The second kappa shape index (κ2) is 7.96. The standard InChI is InChI=1S/C17H26BrClN2/c1-12(2)10-21(11-15-5-4-8-20-15)13(3)16-7-6-14(18)9-17(16)19/h6-7,9,12-13,15,20H,4-5,8,10-11H2,1-3H3. The van der Waals surface area contributed by atoms with E-state index < -0.39 is 0 Å². The number of hydrogen-bond donors (Lipinski definition) is 1. The van der Waals surface area contributed by atoms with Gasteiger partial charge in [-0.25, -0.2) is 0 Å². The maximum Gasteiger partial charge on any atom is 0.0464 e. The fourth-order valence-electron chi connectivity index (χ4n) is 3.09. The molecule has 0 radical (unpaired) electrons. The molecule has 1 aliphatic heterocycles. The highest BCUT2D eigenvalue weighted by Gasteiger charge is 2.24. The Morgan fingerprint density at radius 2 is 2.14 bits per heavy atom. The van der Waals surface area contributed by atoms with E-state index in [1.165, 1.54) is 18.4 Å². The minimum atomic E-state index is 0.343. The lowest BCUT2D eigenvalue weighted by Gasteiger charge is -2.33. The highest BCUT2D eigenvalue weighted by molar-refractivity contribution is 9.10. The van der Waals surface area contributed by atoms with Crippen molar-refractivity contribution < 1.29 is 0 Å². The molecule has 2 unspecified atom stereocenters. The summed E-state index contributed by atoms with van der Waals surface area (Å²) in [5.41, 5.74) is 1.22. The van der Waals surface area contributed by atoms with E-state index in [-0.39, 0.29) is 0 Å². The molecule has 0 aromatic heterocycles. The van der Waals surface area contributed by atoms with Gasteiger partial charge in [0.2, 0.25) is 0 Å². The van der Waals surface area contributed by atoms with E-state index in [9.17, 15) is 0 Å². The van der Waals surface area contributed by atoms with Crippen molar-refractivity contribution in [2.75, 3.05) is 19.6 Å². The summed E-state index contributed by atoms with van der Waals surface area (Å²) in [5.74, 6) is 0.656. The van der Waals surface area contributed by atoms with Crippen LogP contribution in [0.4, 0.5) is 0 Å². The first-order valence-corrected chi connectivity index (χ1v) is 9.07. The van der Waals surface area contributed by atoms with Gasteiger partial charge in [0.15, 0.2) is 0 Å². The van der Waals surface area contributed by atoms with Crippen LogP contribution in [0.25, 0.3) is 0 Å². The molecular weight excluding hydrogens is 348 g/mol. The van der Waals surface area contributed by atoms with Crippen LogP contribution in [0.3, 0.4) is 0 Å². The van der Waals surface area contributed by atoms with Crippen LogP contribution in [-0.4, -0.2) is 30.6 Å². The van der Waals surface area contributed by atoms with E-state index >= 15 is 0 Å². The first-order chi connectivity index (χ1) is 9.97. The Hall–Kier alpha value is -0.0900. The van der Waals surface area contributed by atoms with E-state index in [1.807, 2.05) is 6.07 Å². The maximum atomic E-state index is 6.45. The summed E-state index contributed by atoms with van der Waals surface area (Å²) in [6.07, 6.45) is 2.59. The summed E-state index contributed by atoms with van der Waals surface area (Å²) >= 11 is 9.94. The fourth-order valence-corrected chi connectivity index (χ4v) is 3.92. The highest BCUT2D eigenvalue weighted by Crippen LogP contribution is 2.30. The predicted molar refractivity (Wildman–Crippen MR) is 95.0 cm³/mol. The van der Waals surface area contributed by atoms with E-state index in [0.29, 0.717) is 18.0 Å². The summed E-state index contributed by atoms with van der Waals surface area (Å²) < 4.78 is 1.04. The molecule has 0 amide bonds. The topological polar surface area (TPSA) is 15.3 Å². The Balaban J connectivity index is 2.13. The van der Waals surface area contributed by atoms with Gasteiger partial charge in [-0.2, -0.15) is 0 Å². The minimum absolute atomic E-state index is 0.343. The van der Waals surface area contributed by atoms with Crippen molar-refractivity contribution >= 4 is 27.5 Å². The van der Waals surface area contributed by atoms with Gasteiger partial charge >= 0.3 is 0 Å². The summed E-state index contributed by atoms with van der Waals surface area (Å²) in [4.78, 5) is 2.57. The molecule has 1 aromatic rings. The second-order valence-electron chi connectivity index (χ2n) is 6.48. The van der Waals surface area contributed by atoms with Crippen LogP contribution in [0.5, 0.6) is 0 Å². The average Bonchev–Trinajstić information content (AvgIpc) is 2.89. The summed E-state index contributed by atoms with van der Waals surface area (Å²) in [7, 11) is 0. The van der Waals surface area contributed by atoms with Crippen LogP contribution in [0.1, 0.15) is 45.2 Å². The lowest BCUT2D eigenvalue weighted by molar-refractivity contribution is 0.171. The quantitative estimate of drug-likeness (QED) is 0.765. The van der Waals surface area contributed by atoms with Crippen molar-refractivity contribution in [3.05, 3.63) is 33.3 Å². The van der Waals surface area contributed by atoms with Gasteiger partial charge in [-0.1, -0.05) is 47.4 Å². The van der Waals surface area contributed by atoms with E-state index in [0.717, 1.165) is 29.1 Å². The zero-order chi connectivity index (χ0) is 15.4. The van der Waals surface area contributed by atoms with Gasteiger partial charge in [0.05, 0.1) is 0 Å². The molecule has 21 heavy (non-hydrogen) atoms. The summed E-state index contributed by atoms with van der Waals surface area (Å²) in [6, 6.07) is 7.19. The van der Waals surface area contributed by atoms with Crippen molar-refractivity contribution in [1.82, 2.24) is 10.2 Å². The smallest absolute Gasteiger partial charge is 0.0464 e. The number of halogens is 2. The van der Waals surface area contributed by atoms with Crippen molar-refractivity contribution in [2.45, 2.75) is 45.7 Å². The molecule has 1 N–H and O–H groups in total. The molecule has 0 aliphatic carbocycles. The molecule has 0 saturated carbocycles. The third-order valence-corrected chi connectivity index (χ3v) is 5.00. The Labute approximate surface area is 142 Å². The molecular formula is C17H26BrClN2. The monoisotopic (exact) mass is 372 g/mol. The molecule has 2 atom stereocenters. The van der Waals surface area contributed by atoms with Crippen molar-refractivity contribution in [2.24, 2.45) is 5.92 Å². The molecule has 0 spiro atoms. The molecule has 2 nitrogen and oxygen atoms in total. The Bertz CT molecular complexity index is 458. The zero-order valence-electron chi connectivity index (χ0n) is 13.2. The summed E-state index contributed by atoms with van der Waals surface area (Å²) in [6.45, 7) is 10.2. The van der Waals surface area contributed by atoms with Crippen molar-refractivity contribution in [1.29, 1.82) is 0 Å². The lowest BCUT2D eigenvalue weighted by atomic mass is 10.0. The van der Waals surface area contributed by atoms with Crippen LogP contribution < -0.4 is 5.32 Å². The molecule has 1 aliphatic rings. The Morgan fingerprint density at radius 3 is 2.71 bits per heavy atom.